The number of carbonyl (C=O) groups excluding carboxylic acids is 3. The molecule has 0 aliphatic carbocycles. The van der Waals surface area contributed by atoms with Crippen molar-refractivity contribution in [2.75, 3.05) is 11.5 Å². The molecule has 2 heterocycles. The molecule has 1 saturated heterocycles. The number of furan rings is 1. The van der Waals surface area contributed by atoms with E-state index in [1.54, 1.807) is 42.5 Å². The third-order valence-corrected chi connectivity index (χ3v) is 3.57. The zero-order chi connectivity index (χ0) is 18.5. The van der Waals surface area contributed by atoms with Crippen LogP contribution >= 0.6 is 0 Å². The Hall–Kier alpha value is -3.61. The van der Waals surface area contributed by atoms with Crippen LogP contribution in [0.1, 0.15) is 12.7 Å². The van der Waals surface area contributed by atoms with E-state index in [2.05, 4.69) is 5.32 Å². The van der Waals surface area contributed by atoms with E-state index in [1.165, 1.54) is 18.4 Å². The monoisotopic (exact) mass is 352 g/mol. The van der Waals surface area contributed by atoms with Crippen LogP contribution in [-0.4, -0.2) is 24.5 Å². The number of carbonyl (C=O) groups is 3. The number of rotatable bonds is 5. The maximum absolute atomic E-state index is 12.6. The van der Waals surface area contributed by atoms with Crippen LogP contribution in [0.15, 0.2) is 64.8 Å². The molecule has 0 unspecified atom stereocenters. The predicted molar refractivity (Wildman–Crippen MR) is 94.5 cm³/mol. The lowest BCUT2D eigenvalue weighted by Crippen LogP contribution is -2.54. The Balaban J connectivity index is 1.85. The molecule has 26 heavy (non-hydrogen) atoms. The topological polar surface area (TPSA) is 88.8 Å². The van der Waals surface area contributed by atoms with Gasteiger partial charge in [0.05, 0.1) is 18.6 Å². The fraction of sp³-hybridized carbons (Fsp3) is 0.105. The van der Waals surface area contributed by atoms with Crippen LogP contribution in [0.3, 0.4) is 0 Å². The van der Waals surface area contributed by atoms with Gasteiger partial charge in [0.2, 0.25) is 0 Å². The van der Waals surface area contributed by atoms with E-state index >= 15 is 0 Å². The van der Waals surface area contributed by atoms with Gasteiger partial charge < -0.3 is 9.15 Å². The zero-order valence-corrected chi connectivity index (χ0v) is 14.0. The van der Waals surface area contributed by atoms with Gasteiger partial charge in [-0.05, 0) is 55.5 Å². The van der Waals surface area contributed by atoms with Crippen molar-refractivity contribution in [3.63, 3.8) is 0 Å². The number of ether oxygens (including phenoxy) is 1. The number of hydrogen-bond donors (Lipinski definition) is 1. The first-order valence-electron chi connectivity index (χ1n) is 7.94. The molecule has 3 rings (SSSR count). The maximum Gasteiger partial charge on any atom is 0.335 e. The average Bonchev–Trinajstić information content (AvgIpc) is 3.13. The van der Waals surface area contributed by atoms with Crippen LogP contribution in [0.25, 0.3) is 6.08 Å². The molecule has 1 N–H and O–H groups in total. The smallest absolute Gasteiger partial charge is 0.335 e. The number of barbiturate groups is 1. The normalized spacial score (nSPS) is 16.4. The molecular formula is C19H16N2O5. The van der Waals surface area contributed by atoms with Crippen molar-refractivity contribution in [2.24, 2.45) is 0 Å². The predicted octanol–water partition coefficient (Wildman–Crippen LogP) is 2.90. The number of hydrogen-bond acceptors (Lipinski definition) is 5. The van der Waals surface area contributed by atoms with Gasteiger partial charge in [-0.15, -0.1) is 0 Å². The second-order valence-electron chi connectivity index (χ2n) is 5.28. The third kappa shape index (κ3) is 3.56. The Labute approximate surface area is 149 Å². The van der Waals surface area contributed by atoms with E-state index in [1.807, 2.05) is 6.92 Å². The molecule has 4 amide bonds. The van der Waals surface area contributed by atoms with Crippen LogP contribution in [-0.2, 0) is 9.59 Å². The van der Waals surface area contributed by atoms with Gasteiger partial charge in [-0.2, -0.15) is 0 Å². The number of amides is 4. The Bertz CT molecular complexity index is 879. The summed E-state index contributed by atoms with van der Waals surface area (Å²) in [6.45, 7) is 2.36. The van der Waals surface area contributed by atoms with Crippen LogP contribution < -0.4 is 15.0 Å². The summed E-state index contributed by atoms with van der Waals surface area (Å²) in [5, 5.41) is 2.16. The molecular weight excluding hydrogens is 336 g/mol. The summed E-state index contributed by atoms with van der Waals surface area (Å²) < 4.78 is 10.5. The highest BCUT2D eigenvalue weighted by Crippen LogP contribution is 2.23. The second-order valence-corrected chi connectivity index (χ2v) is 5.28. The summed E-state index contributed by atoms with van der Waals surface area (Å²) in [5.41, 5.74) is 0.186. The van der Waals surface area contributed by atoms with E-state index < -0.39 is 17.8 Å². The van der Waals surface area contributed by atoms with Crippen molar-refractivity contribution >= 4 is 29.6 Å². The van der Waals surface area contributed by atoms with Crippen LogP contribution in [0.4, 0.5) is 10.5 Å². The number of nitrogens with one attached hydrogen (secondary N) is 1. The molecule has 7 heteroatoms. The fourth-order valence-electron chi connectivity index (χ4n) is 2.40. The Morgan fingerprint density at radius 2 is 1.92 bits per heavy atom. The molecule has 0 atom stereocenters. The Morgan fingerprint density at radius 3 is 2.58 bits per heavy atom. The number of imide groups is 2. The largest absolute Gasteiger partial charge is 0.494 e. The van der Waals surface area contributed by atoms with Gasteiger partial charge in [-0.1, -0.05) is 6.08 Å². The zero-order valence-electron chi connectivity index (χ0n) is 14.0. The average molecular weight is 352 g/mol. The Kier molecular flexibility index (Phi) is 4.98. The van der Waals surface area contributed by atoms with Crippen molar-refractivity contribution in [1.29, 1.82) is 0 Å². The summed E-state index contributed by atoms with van der Waals surface area (Å²) in [4.78, 5) is 37.7. The van der Waals surface area contributed by atoms with E-state index in [0.717, 1.165) is 4.90 Å². The molecule has 1 fully saturated rings. The van der Waals surface area contributed by atoms with Gasteiger partial charge in [-0.25, -0.2) is 9.69 Å². The van der Waals surface area contributed by atoms with Gasteiger partial charge in [0, 0.05) is 0 Å². The number of anilines is 1. The third-order valence-electron chi connectivity index (χ3n) is 3.57. The minimum atomic E-state index is -0.795. The molecule has 1 aliphatic rings. The SMILES string of the molecule is CCOc1ccc(N2C(=O)NC(=O)/C(=C/C=C/c3ccco3)C2=O)cc1. The van der Waals surface area contributed by atoms with Crippen LogP contribution in [0, 0.1) is 0 Å². The quantitative estimate of drug-likeness (QED) is 0.660. The highest BCUT2D eigenvalue weighted by atomic mass is 16.5. The van der Waals surface area contributed by atoms with Gasteiger partial charge in [0.1, 0.15) is 17.1 Å². The molecule has 0 saturated carbocycles. The first-order chi connectivity index (χ1) is 12.6. The minimum absolute atomic E-state index is 0.152. The van der Waals surface area contributed by atoms with Gasteiger partial charge in [-0.3, -0.25) is 14.9 Å². The number of urea groups is 1. The molecule has 1 aromatic carbocycles. The van der Waals surface area contributed by atoms with Crippen molar-refractivity contribution < 1.29 is 23.5 Å². The molecule has 2 aromatic rings. The fourth-order valence-corrected chi connectivity index (χ4v) is 2.40. The summed E-state index contributed by atoms with van der Waals surface area (Å²) in [7, 11) is 0. The lowest BCUT2D eigenvalue weighted by atomic mass is 10.1. The number of benzene rings is 1. The van der Waals surface area contributed by atoms with Gasteiger partial charge >= 0.3 is 6.03 Å². The highest BCUT2D eigenvalue weighted by molar-refractivity contribution is 6.37. The minimum Gasteiger partial charge on any atom is -0.494 e. The second kappa shape index (κ2) is 7.52. The van der Waals surface area contributed by atoms with E-state index in [0.29, 0.717) is 23.8 Å². The molecule has 7 nitrogen and oxygen atoms in total. The lowest BCUT2D eigenvalue weighted by molar-refractivity contribution is -0.122. The molecule has 0 spiro atoms. The first kappa shape index (κ1) is 17.2. The Morgan fingerprint density at radius 1 is 1.15 bits per heavy atom. The van der Waals surface area contributed by atoms with Crippen molar-refractivity contribution in [3.8, 4) is 5.75 Å². The highest BCUT2D eigenvalue weighted by Gasteiger charge is 2.36. The van der Waals surface area contributed by atoms with Crippen molar-refractivity contribution in [3.05, 3.63) is 66.1 Å². The van der Waals surface area contributed by atoms with Crippen molar-refractivity contribution in [1.82, 2.24) is 5.32 Å². The summed E-state index contributed by atoms with van der Waals surface area (Å²) in [5.74, 6) is -0.252. The van der Waals surface area contributed by atoms with Gasteiger partial charge in [0.15, 0.2) is 0 Å². The standard InChI is InChI=1S/C19H16N2O5/c1-2-25-15-10-8-13(9-11-15)21-18(23)16(17(22)20-19(21)24)7-3-5-14-6-4-12-26-14/h3-12H,2H2,1H3,(H,20,22,24)/b5-3+,16-7-. The lowest BCUT2D eigenvalue weighted by Gasteiger charge is -2.26. The molecule has 1 aliphatic heterocycles. The number of allylic oxidation sites excluding steroid dienone is 2. The summed E-state index contributed by atoms with van der Waals surface area (Å²) in [6.07, 6.45) is 5.97. The van der Waals surface area contributed by atoms with Crippen molar-refractivity contribution in [2.45, 2.75) is 6.92 Å². The molecule has 132 valence electrons. The maximum atomic E-state index is 12.6. The van der Waals surface area contributed by atoms with Crippen LogP contribution in [0.5, 0.6) is 5.75 Å². The summed E-state index contributed by atoms with van der Waals surface area (Å²) >= 11 is 0. The van der Waals surface area contributed by atoms with Crippen LogP contribution in [0.2, 0.25) is 0 Å². The first-order valence-corrected chi connectivity index (χ1v) is 7.94. The molecule has 1 aromatic heterocycles. The molecule has 0 bridgehead atoms. The van der Waals surface area contributed by atoms with E-state index in [4.69, 9.17) is 9.15 Å². The number of nitrogens with zero attached hydrogens (tertiary/aromatic N) is 1. The van der Waals surface area contributed by atoms with Gasteiger partial charge in [0.25, 0.3) is 11.8 Å². The van der Waals surface area contributed by atoms with E-state index in [9.17, 15) is 14.4 Å². The summed E-state index contributed by atoms with van der Waals surface area (Å²) in [6, 6.07) is 9.11. The molecule has 0 radical (unpaired) electrons. The van der Waals surface area contributed by atoms with E-state index in [-0.39, 0.29) is 5.57 Å².